The summed E-state index contributed by atoms with van der Waals surface area (Å²) in [5, 5.41) is 0.545. The molecule has 26 heavy (non-hydrogen) atoms. The topological polar surface area (TPSA) is 67.6 Å². The first kappa shape index (κ1) is 16.9. The van der Waals surface area contributed by atoms with Crippen molar-refractivity contribution in [3.05, 3.63) is 76.4 Å². The Morgan fingerprint density at radius 2 is 1.77 bits per heavy atom. The Labute approximate surface area is 149 Å². The third-order valence-electron chi connectivity index (χ3n) is 4.40. The summed E-state index contributed by atoms with van der Waals surface area (Å²) in [6, 6.07) is 13.0. The van der Waals surface area contributed by atoms with Crippen molar-refractivity contribution >= 4 is 21.0 Å². The van der Waals surface area contributed by atoms with Crippen LogP contribution in [0.2, 0.25) is 0 Å². The average molecular weight is 373 g/mol. The quantitative estimate of drug-likeness (QED) is 0.644. The Kier molecular flexibility index (Phi) is 4.13. The lowest BCUT2D eigenvalue weighted by molar-refractivity contribution is 0.398. The van der Waals surface area contributed by atoms with Gasteiger partial charge in [-0.2, -0.15) is 4.31 Å². The Morgan fingerprint density at radius 1 is 1.04 bits per heavy atom. The normalized spacial score (nSPS) is 14.8. The molecule has 1 heterocycles. The number of rotatable bonds is 5. The van der Waals surface area contributed by atoms with E-state index in [2.05, 4.69) is 0 Å². The molecule has 0 bridgehead atoms. The number of nitrogens with zero attached hydrogens (tertiary/aromatic N) is 1. The highest BCUT2D eigenvalue weighted by Gasteiger charge is 2.38. The van der Waals surface area contributed by atoms with Crippen LogP contribution in [-0.2, 0) is 16.6 Å². The molecule has 0 aliphatic heterocycles. The molecule has 0 amide bonds. The highest BCUT2D eigenvalue weighted by molar-refractivity contribution is 7.89. The van der Waals surface area contributed by atoms with Gasteiger partial charge in [-0.15, -0.1) is 0 Å². The highest BCUT2D eigenvalue weighted by atomic mass is 32.2. The molecular weight excluding hydrogens is 357 g/mol. The maximum atomic E-state index is 13.2. The zero-order valence-electron chi connectivity index (χ0n) is 13.8. The zero-order chi connectivity index (χ0) is 18.3. The number of benzene rings is 2. The summed E-state index contributed by atoms with van der Waals surface area (Å²) in [4.78, 5) is 11.4. The van der Waals surface area contributed by atoms with Crippen molar-refractivity contribution in [1.29, 1.82) is 0 Å². The minimum atomic E-state index is -3.73. The van der Waals surface area contributed by atoms with Gasteiger partial charge in [0.1, 0.15) is 11.4 Å². The van der Waals surface area contributed by atoms with Crippen LogP contribution >= 0.6 is 0 Å². The van der Waals surface area contributed by atoms with Crippen LogP contribution in [0.15, 0.2) is 68.7 Å². The summed E-state index contributed by atoms with van der Waals surface area (Å²) < 4.78 is 45.9. The second-order valence-electron chi connectivity index (χ2n) is 6.36. The van der Waals surface area contributed by atoms with E-state index >= 15 is 0 Å². The first-order chi connectivity index (χ1) is 12.4. The fourth-order valence-corrected chi connectivity index (χ4v) is 4.60. The van der Waals surface area contributed by atoms with Crippen molar-refractivity contribution in [2.75, 3.05) is 0 Å². The van der Waals surface area contributed by atoms with Crippen molar-refractivity contribution in [3.8, 4) is 0 Å². The van der Waals surface area contributed by atoms with Crippen LogP contribution in [0, 0.1) is 5.82 Å². The van der Waals surface area contributed by atoms with Gasteiger partial charge >= 0.3 is 5.63 Å². The summed E-state index contributed by atoms with van der Waals surface area (Å²) >= 11 is 0. The predicted octanol–water partition coefficient (Wildman–Crippen LogP) is 3.29. The molecule has 0 N–H and O–H groups in total. The number of hydrogen-bond acceptors (Lipinski definition) is 4. The smallest absolute Gasteiger partial charge is 0.336 e. The van der Waals surface area contributed by atoms with E-state index in [1.807, 2.05) is 0 Å². The molecule has 1 aliphatic rings. The third kappa shape index (κ3) is 3.27. The number of hydrogen-bond donors (Lipinski definition) is 0. The van der Waals surface area contributed by atoms with Crippen LogP contribution in [-0.4, -0.2) is 18.8 Å². The first-order valence-electron chi connectivity index (χ1n) is 8.24. The van der Waals surface area contributed by atoms with Gasteiger partial charge in [0.15, 0.2) is 0 Å². The molecule has 3 aromatic rings. The van der Waals surface area contributed by atoms with E-state index in [0.717, 1.165) is 18.4 Å². The maximum absolute atomic E-state index is 13.2. The number of fused-ring (bicyclic) bond motifs is 1. The van der Waals surface area contributed by atoms with Gasteiger partial charge in [-0.25, -0.2) is 17.6 Å². The standard InChI is InChI=1S/C19H16FNO4S/c20-15-4-1-13(2-5-15)12-21(16-6-7-16)26(23,24)17-8-9-18-14(11-17)3-10-19(22)25-18/h1-5,8-11,16H,6-7,12H2. The van der Waals surface area contributed by atoms with Crippen LogP contribution in [0.3, 0.4) is 0 Å². The van der Waals surface area contributed by atoms with Crippen LogP contribution in [0.25, 0.3) is 11.0 Å². The van der Waals surface area contributed by atoms with Crippen molar-refractivity contribution in [2.24, 2.45) is 0 Å². The van der Waals surface area contributed by atoms with E-state index in [-0.39, 0.29) is 23.3 Å². The molecule has 7 heteroatoms. The Balaban J connectivity index is 1.71. The molecule has 0 atom stereocenters. The van der Waals surface area contributed by atoms with E-state index in [0.29, 0.717) is 11.0 Å². The van der Waals surface area contributed by atoms with E-state index in [4.69, 9.17) is 4.42 Å². The SMILES string of the molecule is O=c1ccc2cc(S(=O)(=O)N(Cc3ccc(F)cc3)C3CC3)ccc2o1. The van der Waals surface area contributed by atoms with Crippen molar-refractivity contribution in [2.45, 2.75) is 30.3 Å². The monoisotopic (exact) mass is 373 g/mol. The molecule has 0 spiro atoms. The second kappa shape index (κ2) is 6.34. The fourth-order valence-electron chi connectivity index (χ4n) is 2.89. The van der Waals surface area contributed by atoms with Crippen LogP contribution in [0.4, 0.5) is 4.39 Å². The van der Waals surface area contributed by atoms with Gasteiger partial charge in [0.05, 0.1) is 4.90 Å². The molecule has 0 unspecified atom stereocenters. The Hall–Kier alpha value is -2.51. The van der Waals surface area contributed by atoms with Gasteiger partial charge in [-0.3, -0.25) is 0 Å². The molecule has 0 saturated heterocycles. The van der Waals surface area contributed by atoms with E-state index < -0.39 is 15.6 Å². The van der Waals surface area contributed by atoms with Crippen LogP contribution in [0.1, 0.15) is 18.4 Å². The average Bonchev–Trinajstić information content (AvgIpc) is 3.45. The molecular formula is C19H16FNO4S. The summed E-state index contributed by atoms with van der Waals surface area (Å²) in [5.74, 6) is -0.356. The van der Waals surface area contributed by atoms with Gasteiger partial charge in [0.25, 0.3) is 0 Å². The van der Waals surface area contributed by atoms with Crippen molar-refractivity contribution in [1.82, 2.24) is 4.31 Å². The van der Waals surface area contributed by atoms with Crippen molar-refractivity contribution in [3.63, 3.8) is 0 Å². The molecule has 1 aliphatic carbocycles. The Morgan fingerprint density at radius 3 is 2.46 bits per heavy atom. The summed E-state index contributed by atoms with van der Waals surface area (Å²) in [5.41, 5.74) is 0.589. The highest BCUT2D eigenvalue weighted by Crippen LogP contribution is 2.34. The fraction of sp³-hybridized carbons (Fsp3) is 0.211. The van der Waals surface area contributed by atoms with E-state index in [9.17, 15) is 17.6 Å². The number of sulfonamides is 1. The molecule has 1 fully saturated rings. The second-order valence-corrected chi connectivity index (χ2v) is 8.25. The number of halogens is 1. The lowest BCUT2D eigenvalue weighted by Gasteiger charge is -2.22. The van der Waals surface area contributed by atoms with Crippen molar-refractivity contribution < 1.29 is 17.2 Å². The largest absolute Gasteiger partial charge is 0.423 e. The summed E-state index contributed by atoms with van der Waals surface area (Å²) in [6.07, 6.45) is 1.62. The lowest BCUT2D eigenvalue weighted by Crippen LogP contribution is -2.32. The molecule has 5 nitrogen and oxygen atoms in total. The molecule has 134 valence electrons. The minimum Gasteiger partial charge on any atom is -0.423 e. The predicted molar refractivity (Wildman–Crippen MR) is 94.6 cm³/mol. The van der Waals surface area contributed by atoms with Gasteiger partial charge < -0.3 is 4.42 Å². The third-order valence-corrected chi connectivity index (χ3v) is 6.30. The first-order valence-corrected chi connectivity index (χ1v) is 9.68. The lowest BCUT2D eigenvalue weighted by atomic mass is 10.2. The molecule has 1 aromatic heterocycles. The molecule has 2 aromatic carbocycles. The molecule has 0 radical (unpaired) electrons. The van der Waals surface area contributed by atoms with Gasteiger partial charge in [-0.05, 0) is 54.8 Å². The minimum absolute atomic E-state index is 0.0468. The van der Waals surface area contributed by atoms with Crippen LogP contribution < -0.4 is 5.63 Å². The van der Waals surface area contributed by atoms with Gasteiger partial charge in [0, 0.05) is 24.0 Å². The zero-order valence-corrected chi connectivity index (χ0v) is 14.6. The van der Waals surface area contributed by atoms with E-state index in [1.54, 1.807) is 18.2 Å². The van der Waals surface area contributed by atoms with Crippen LogP contribution in [0.5, 0.6) is 0 Å². The molecule has 1 saturated carbocycles. The van der Waals surface area contributed by atoms with Gasteiger partial charge in [-0.1, -0.05) is 12.1 Å². The summed E-state index contributed by atoms with van der Waals surface area (Å²) in [6.45, 7) is 0.190. The molecule has 4 rings (SSSR count). The summed E-state index contributed by atoms with van der Waals surface area (Å²) in [7, 11) is -3.73. The maximum Gasteiger partial charge on any atom is 0.336 e. The van der Waals surface area contributed by atoms with E-state index in [1.165, 1.54) is 40.7 Å². The Bertz CT molecular complexity index is 1120. The van der Waals surface area contributed by atoms with Gasteiger partial charge in [0.2, 0.25) is 10.0 Å².